The number of halogens is 2. The van der Waals surface area contributed by atoms with Crippen molar-refractivity contribution in [3.8, 4) is 0 Å². The Balaban J connectivity index is 0.000001000. The molecule has 2 nitrogen and oxygen atoms in total. The highest BCUT2D eigenvalue weighted by Gasteiger charge is 2.05. The summed E-state index contributed by atoms with van der Waals surface area (Å²) in [5.41, 5.74) is 5.55. The molecule has 0 aliphatic rings. The highest BCUT2D eigenvalue weighted by atomic mass is 79.9. The minimum absolute atomic E-state index is 0. The number of aliphatic hydroxyl groups excluding tert-OH is 1. The van der Waals surface area contributed by atoms with Gasteiger partial charge in [0.05, 0.1) is 16.4 Å². The molecule has 1 heterocycles. The van der Waals surface area contributed by atoms with E-state index in [9.17, 15) is 0 Å². The van der Waals surface area contributed by atoms with Gasteiger partial charge in [0.15, 0.2) is 0 Å². The lowest BCUT2D eigenvalue weighted by Crippen LogP contribution is -2.12. The molecule has 11 heavy (non-hydrogen) atoms. The summed E-state index contributed by atoms with van der Waals surface area (Å²) >= 11 is 4.86. The van der Waals surface area contributed by atoms with Gasteiger partial charge in [0.25, 0.3) is 0 Å². The summed E-state index contributed by atoms with van der Waals surface area (Å²) in [7, 11) is 0. The Morgan fingerprint density at radius 2 is 2.27 bits per heavy atom. The second-order valence-corrected chi connectivity index (χ2v) is 4.43. The molecule has 0 aliphatic carbocycles. The van der Waals surface area contributed by atoms with Gasteiger partial charge in [0.1, 0.15) is 0 Å². The molecule has 0 fully saturated rings. The zero-order chi connectivity index (χ0) is 7.56. The summed E-state index contributed by atoms with van der Waals surface area (Å²) < 4.78 is 1.05. The van der Waals surface area contributed by atoms with Crippen molar-refractivity contribution >= 4 is 39.7 Å². The maximum Gasteiger partial charge on any atom is 0.0702 e. The first-order valence-electron chi connectivity index (χ1n) is 2.85. The summed E-state index contributed by atoms with van der Waals surface area (Å²) in [4.78, 5) is 1.01. The molecule has 1 rings (SSSR count). The number of nitrogens with two attached hydrogens (primary N) is 1. The lowest BCUT2D eigenvalue weighted by molar-refractivity contribution is 0.269. The van der Waals surface area contributed by atoms with Crippen molar-refractivity contribution in [3.63, 3.8) is 0 Å². The highest BCUT2D eigenvalue weighted by Crippen LogP contribution is 2.25. The average molecular weight is 259 g/mol. The zero-order valence-electron chi connectivity index (χ0n) is 5.66. The minimum Gasteiger partial charge on any atom is -0.394 e. The van der Waals surface area contributed by atoms with Crippen molar-refractivity contribution in [3.05, 3.63) is 20.8 Å². The van der Waals surface area contributed by atoms with Gasteiger partial charge in [-0.3, -0.25) is 0 Å². The molecule has 5 heteroatoms. The van der Waals surface area contributed by atoms with E-state index in [4.69, 9.17) is 10.8 Å². The number of thiophene rings is 1. The largest absolute Gasteiger partial charge is 0.394 e. The van der Waals surface area contributed by atoms with Crippen molar-refractivity contribution in [1.82, 2.24) is 0 Å². The van der Waals surface area contributed by atoms with E-state index in [0.29, 0.717) is 0 Å². The van der Waals surface area contributed by atoms with E-state index in [-0.39, 0.29) is 25.1 Å². The molecule has 64 valence electrons. The summed E-state index contributed by atoms with van der Waals surface area (Å²) in [6.07, 6.45) is 0. The zero-order valence-corrected chi connectivity index (χ0v) is 8.88. The van der Waals surface area contributed by atoms with E-state index < -0.39 is 0 Å². The van der Waals surface area contributed by atoms with Crippen molar-refractivity contribution in [2.24, 2.45) is 5.73 Å². The van der Waals surface area contributed by atoms with Gasteiger partial charge < -0.3 is 10.8 Å². The molecule has 1 aromatic heterocycles. The molecule has 0 aliphatic heterocycles. The predicted octanol–water partition coefficient (Wildman–Crippen LogP) is 1.92. The Morgan fingerprint density at radius 3 is 2.64 bits per heavy atom. The molecule has 0 spiro atoms. The molecule has 0 radical (unpaired) electrons. The normalized spacial score (nSPS) is 12.3. The van der Waals surface area contributed by atoms with E-state index >= 15 is 0 Å². The topological polar surface area (TPSA) is 46.2 Å². The van der Waals surface area contributed by atoms with Crippen molar-refractivity contribution in [1.29, 1.82) is 0 Å². The van der Waals surface area contributed by atoms with Gasteiger partial charge in [-0.05, 0) is 28.1 Å². The lowest BCUT2D eigenvalue weighted by atomic mass is 10.3. The van der Waals surface area contributed by atoms with Crippen LogP contribution in [0.3, 0.4) is 0 Å². The van der Waals surface area contributed by atoms with Crippen molar-refractivity contribution in [2.75, 3.05) is 6.61 Å². The van der Waals surface area contributed by atoms with Crippen molar-refractivity contribution < 1.29 is 5.11 Å². The number of aliphatic hydroxyl groups is 1. The maximum atomic E-state index is 8.66. The second kappa shape index (κ2) is 5.11. The van der Waals surface area contributed by atoms with Gasteiger partial charge in [-0.15, -0.1) is 23.7 Å². The van der Waals surface area contributed by atoms with E-state index in [0.717, 1.165) is 8.66 Å². The van der Waals surface area contributed by atoms with Crippen LogP contribution in [-0.4, -0.2) is 11.7 Å². The number of rotatable bonds is 2. The van der Waals surface area contributed by atoms with Gasteiger partial charge in [-0.25, -0.2) is 0 Å². The van der Waals surface area contributed by atoms with Crippen LogP contribution in [0.25, 0.3) is 0 Å². The quantitative estimate of drug-likeness (QED) is 0.851. The predicted molar refractivity (Wildman–Crippen MR) is 53.3 cm³/mol. The van der Waals surface area contributed by atoms with E-state index in [1.165, 1.54) is 0 Å². The third-order valence-electron chi connectivity index (χ3n) is 1.16. The molecule has 0 saturated carbocycles. The summed E-state index contributed by atoms with van der Waals surface area (Å²) in [6, 6.07) is 3.61. The van der Waals surface area contributed by atoms with Crippen LogP contribution in [0.5, 0.6) is 0 Å². The van der Waals surface area contributed by atoms with Crippen LogP contribution in [0.2, 0.25) is 0 Å². The van der Waals surface area contributed by atoms with E-state index in [2.05, 4.69) is 15.9 Å². The number of hydrogen-bond donors (Lipinski definition) is 2. The van der Waals surface area contributed by atoms with Gasteiger partial charge in [-0.2, -0.15) is 0 Å². The van der Waals surface area contributed by atoms with Crippen LogP contribution in [0, 0.1) is 0 Å². The fourth-order valence-electron chi connectivity index (χ4n) is 0.618. The van der Waals surface area contributed by atoms with Crippen LogP contribution in [0.4, 0.5) is 0 Å². The summed E-state index contributed by atoms with van der Waals surface area (Å²) in [5.74, 6) is 0. The third-order valence-corrected chi connectivity index (χ3v) is 2.91. The van der Waals surface area contributed by atoms with Gasteiger partial charge in [0, 0.05) is 4.88 Å². The third kappa shape index (κ3) is 3.09. The molecule has 0 amide bonds. The molecular weight excluding hydrogens is 249 g/mol. The van der Waals surface area contributed by atoms with Crippen LogP contribution in [0.15, 0.2) is 15.9 Å². The summed E-state index contributed by atoms with van der Waals surface area (Å²) in [6.45, 7) is 0.00690. The Labute approximate surface area is 84.0 Å². The standard InChI is InChI=1S/C6H8BrNOS.ClH/c7-6-2-1-5(10-6)4(8)3-9;/h1-2,4,9H,3,8H2;1H/t4-;/m0./s1. The first-order valence-corrected chi connectivity index (χ1v) is 4.46. The maximum absolute atomic E-state index is 8.66. The van der Waals surface area contributed by atoms with Crippen LogP contribution >= 0.6 is 39.7 Å². The molecule has 1 aromatic rings. The highest BCUT2D eigenvalue weighted by molar-refractivity contribution is 9.11. The van der Waals surface area contributed by atoms with E-state index in [1.54, 1.807) is 11.3 Å². The average Bonchev–Trinajstić information content (AvgIpc) is 2.34. The summed E-state index contributed by atoms with van der Waals surface area (Å²) in [5, 5.41) is 8.66. The smallest absolute Gasteiger partial charge is 0.0702 e. The van der Waals surface area contributed by atoms with Crippen LogP contribution in [0.1, 0.15) is 10.9 Å². The molecule has 0 aromatic carbocycles. The first-order chi connectivity index (χ1) is 4.74. The Hall–Kier alpha value is 0.390. The fraction of sp³-hybridized carbons (Fsp3) is 0.333. The SMILES string of the molecule is Cl.N[C@@H](CO)c1ccc(Br)s1. The minimum atomic E-state index is -0.226. The Kier molecular flexibility index (Phi) is 5.29. The van der Waals surface area contributed by atoms with Crippen molar-refractivity contribution in [2.45, 2.75) is 6.04 Å². The Bertz CT molecular complexity index is 218. The molecule has 0 saturated heterocycles. The van der Waals surface area contributed by atoms with E-state index in [1.807, 2.05) is 12.1 Å². The van der Waals surface area contributed by atoms with Gasteiger partial charge in [0.2, 0.25) is 0 Å². The fourth-order valence-corrected chi connectivity index (χ4v) is 2.03. The molecule has 0 unspecified atom stereocenters. The van der Waals surface area contributed by atoms with Crippen LogP contribution < -0.4 is 5.73 Å². The Morgan fingerprint density at radius 1 is 1.64 bits per heavy atom. The molecule has 0 bridgehead atoms. The monoisotopic (exact) mass is 257 g/mol. The molecular formula is C6H9BrClNOS. The van der Waals surface area contributed by atoms with Gasteiger partial charge >= 0.3 is 0 Å². The second-order valence-electron chi connectivity index (χ2n) is 1.93. The lowest BCUT2D eigenvalue weighted by Gasteiger charge is -2.02. The first kappa shape index (κ1) is 11.4. The van der Waals surface area contributed by atoms with Gasteiger partial charge in [-0.1, -0.05) is 0 Å². The molecule has 3 N–H and O–H groups in total. The molecule has 1 atom stereocenters. The number of hydrogen-bond acceptors (Lipinski definition) is 3. The van der Waals surface area contributed by atoms with Crippen LogP contribution in [-0.2, 0) is 0 Å².